The van der Waals surface area contributed by atoms with Crippen LogP contribution < -0.4 is 9.80 Å². The molecule has 0 unspecified atom stereocenters. The fourth-order valence-electron chi connectivity index (χ4n) is 5.92. The normalized spacial score (nSPS) is 18.4. The third-order valence-electron chi connectivity index (χ3n) is 8.20. The largest absolute Gasteiger partial charge is 0.341 e. The molecule has 5 rings (SSSR count). The number of hydrogen-bond donors (Lipinski definition) is 0. The van der Waals surface area contributed by atoms with Crippen LogP contribution in [0.15, 0.2) is 73.7 Å². The molecule has 2 aromatic carbocycles. The standard InChI is InChI=1S/C32H32F3N5O3.C2H6/c1-3-21-7-4-5-10-25(21)29(31(43)38(2)23-13-15-32(34,35)16-14-23)39(24-9-6-8-22(33)19-24)30(42)26-11-12-28(41)40(26)27-20-36-17-18-37-27;1-2/h3-10,17-20,23,26,29H,1,11-16H2,2H3;1-2H3/t26-,29-;/m0./s1. The third-order valence-corrected chi connectivity index (χ3v) is 8.20. The van der Waals surface area contributed by atoms with Crippen LogP contribution in [0.5, 0.6) is 0 Å². The zero-order chi connectivity index (χ0) is 32.7. The minimum atomic E-state index is -2.79. The number of benzene rings is 2. The SMILES string of the molecule is C=Cc1ccccc1[C@@H](C(=O)N(C)C1CCC(F)(F)CC1)N(C(=O)[C@@H]1CCC(=O)N1c1cnccn1)c1cccc(F)c1.CC. The van der Waals surface area contributed by atoms with E-state index in [0.29, 0.717) is 11.1 Å². The molecule has 2 fully saturated rings. The number of carbonyl (C=O) groups excluding carboxylic acids is 3. The van der Waals surface area contributed by atoms with Gasteiger partial charge in [-0.3, -0.25) is 29.2 Å². The topological polar surface area (TPSA) is 86.7 Å². The zero-order valence-corrected chi connectivity index (χ0v) is 25.7. The second-order valence-electron chi connectivity index (χ2n) is 10.8. The minimum Gasteiger partial charge on any atom is -0.341 e. The number of anilines is 2. The second-order valence-corrected chi connectivity index (χ2v) is 10.8. The van der Waals surface area contributed by atoms with E-state index in [1.165, 1.54) is 51.5 Å². The predicted molar refractivity (Wildman–Crippen MR) is 167 cm³/mol. The smallest absolute Gasteiger partial charge is 0.251 e. The highest BCUT2D eigenvalue weighted by atomic mass is 19.3. The van der Waals surface area contributed by atoms with Crippen molar-refractivity contribution in [1.82, 2.24) is 14.9 Å². The molecule has 8 nitrogen and oxygen atoms in total. The van der Waals surface area contributed by atoms with Crippen LogP contribution in [0, 0.1) is 5.82 Å². The molecule has 2 heterocycles. The fraction of sp³-hybridized carbons (Fsp3) is 0.382. The van der Waals surface area contributed by atoms with Gasteiger partial charge >= 0.3 is 0 Å². The van der Waals surface area contributed by atoms with Crippen LogP contribution in [0.1, 0.15) is 69.5 Å². The summed E-state index contributed by atoms with van der Waals surface area (Å²) in [7, 11) is 1.54. The van der Waals surface area contributed by atoms with Crippen LogP contribution in [0.25, 0.3) is 6.08 Å². The summed E-state index contributed by atoms with van der Waals surface area (Å²) in [4.78, 5) is 54.3. The summed E-state index contributed by atoms with van der Waals surface area (Å²) in [6, 6.07) is 9.34. The molecule has 238 valence electrons. The van der Waals surface area contributed by atoms with Crippen molar-refractivity contribution in [2.24, 2.45) is 0 Å². The van der Waals surface area contributed by atoms with Crippen LogP contribution in [0.2, 0.25) is 0 Å². The monoisotopic (exact) mass is 621 g/mol. The molecule has 45 heavy (non-hydrogen) atoms. The van der Waals surface area contributed by atoms with E-state index < -0.39 is 41.7 Å². The molecule has 0 bridgehead atoms. The Kier molecular flexibility index (Phi) is 10.7. The van der Waals surface area contributed by atoms with E-state index in [1.807, 2.05) is 13.8 Å². The Morgan fingerprint density at radius 2 is 1.78 bits per heavy atom. The Morgan fingerprint density at radius 1 is 1.07 bits per heavy atom. The Morgan fingerprint density at radius 3 is 2.42 bits per heavy atom. The van der Waals surface area contributed by atoms with Gasteiger partial charge in [-0.05, 0) is 48.6 Å². The Labute approximate surface area is 261 Å². The van der Waals surface area contributed by atoms with Gasteiger partial charge in [-0.2, -0.15) is 0 Å². The Hall–Kier alpha value is -4.54. The third kappa shape index (κ3) is 7.24. The summed E-state index contributed by atoms with van der Waals surface area (Å²) in [5.74, 6) is -4.74. The molecule has 11 heteroatoms. The molecule has 0 spiro atoms. The summed E-state index contributed by atoms with van der Waals surface area (Å²) in [5.41, 5.74) is 1.08. The molecule has 2 atom stereocenters. The van der Waals surface area contributed by atoms with Crippen molar-refractivity contribution in [1.29, 1.82) is 0 Å². The molecule has 1 saturated heterocycles. The first-order valence-corrected chi connectivity index (χ1v) is 15.1. The van der Waals surface area contributed by atoms with Gasteiger partial charge in [0.25, 0.3) is 5.91 Å². The Bertz CT molecular complexity index is 1510. The number of amides is 3. The van der Waals surface area contributed by atoms with Crippen LogP contribution in [-0.4, -0.2) is 57.6 Å². The van der Waals surface area contributed by atoms with Crippen LogP contribution in [-0.2, 0) is 14.4 Å². The molecule has 1 saturated carbocycles. The lowest BCUT2D eigenvalue weighted by Crippen LogP contribution is -2.53. The number of carbonyl (C=O) groups is 3. The van der Waals surface area contributed by atoms with Gasteiger partial charge in [0, 0.05) is 50.4 Å². The maximum atomic E-state index is 14.7. The van der Waals surface area contributed by atoms with E-state index in [-0.39, 0.29) is 55.9 Å². The van der Waals surface area contributed by atoms with Crippen molar-refractivity contribution in [2.45, 2.75) is 76.4 Å². The number of alkyl halides is 2. The highest BCUT2D eigenvalue weighted by Crippen LogP contribution is 2.39. The number of hydrogen-bond acceptors (Lipinski definition) is 5. The van der Waals surface area contributed by atoms with Crippen molar-refractivity contribution in [2.75, 3.05) is 16.8 Å². The van der Waals surface area contributed by atoms with Crippen LogP contribution >= 0.6 is 0 Å². The van der Waals surface area contributed by atoms with Crippen molar-refractivity contribution in [3.63, 3.8) is 0 Å². The molecule has 1 aliphatic carbocycles. The molecule has 3 amide bonds. The van der Waals surface area contributed by atoms with Gasteiger partial charge in [0.15, 0.2) is 5.82 Å². The van der Waals surface area contributed by atoms with Gasteiger partial charge in [-0.25, -0.2) is 18.2 Å². The summed E-state index contributed by atoms with van der Waals surface area (Å²) < 4.78 is 42.7. The minimum absolute atomic E-state index is 0.0576. The summed E-state index contributed by atoms with van der Waals surface area (Å²) >= 11 is 0. The van der Waals surface area contributed by atoms with Gasteiger partial charge in [0.05, 0.1) is 6.20 Å². The molecule has 3 aromatic rings. The van der Waals surface area contributed by atoms with Crippen LogP contribution in [0.4, 0.5) is 24.7 Å². The lowest BCUT2D eigenvalue weighted by atomic mass is 9.90. The molecular weight excluding hydrogens is 583 g/mol. The predicted octanol–water partition coefficient (Wildman–Crippen LogP) is 6.59. The van der Waals surface area contributed by atoms with Gasteiger partial charge in [-0.1, -0.05) is 56.8 Å². The molecule has 0 N–H and O–H groups in total. The Balaban J connectivity index is 0.00000226. The van der Waals surface area contributed by atoms with Crippen molar-refractivity contribution in [3.05, 3.63) is 90.6 Å². The van der Waals surface area contributed by atoms with Gasteiger partial charge < -0.3 is 4.90 Å². The molecular formula is C34H38F3N5O3. The number of nitrogens with zero attached hydrogens (tertiary/aromatic N) is 5. The molecule has 1 aliphatic heterocycles. The first kappa shape index (κ1) is 33.4. The van der Waals surface area contributed by atoms with E-state index >= 15 is 0 Å². The maximum Gasteiger partial charge on any atom is 0.251 e. The maximum absolute atomic E-state index is 14.7. The summed E-state index contributed by atoms with van der Waals surface area (Å²) in [6.45, 7) is 7.87. The average Bonchev–Trinajstić information content (AvgIpc) is 3.45. The quantitative estimate of drug-likeness (QED) is 0.283. The highest BCUT2D eigenvalue weighted by molar-refractivity contribution is 6.10. The van der Waals surface area contributed by atoms with E-state index in [9.17, 15) is 27.6 Å². The van der Waals surface area contributed by atoms with Gasteiger partial charge in [-0.15, -0.1) is 0 Å². The fourth-order valence-corrected chi connectivity index (χ4v) is 5.92. The summed E-state index contributed by atoms with van der Waals surface area (Å²) in [5, 5.41) is 0. The van der Waals surface area contributed by atoms with Gasteiger partial charge in [0.1, 0.15) is 17.9 Å². The highest BCUT2D eigenvalue weighted by Gasteiger charge is 2.46. The zero-order valence-electron chi connectivity index (χ0n) is 25.7. The van der Waals surface area contributed by atoms with E-state index in [1.54, 1.807) is 37.4 Å². The second kappa shape index (κ2) is 14.5. The van der Waals surface area contributed by atoms with Gasteiger partial charge in [0.2, 0.25) is 17.7 Å². The molecule has 1 aromatic heterocycles. The van der Waals surface area contributed by atoms with Crippen LogP contribution in [0.3, 0.4) is 0 Å². The lowest BCUT2D eigenvalue weighted by molar-refractivity contribution is -0.138. The van der Waals surface area contributed by atoms with Crippen molar-refractivity contribution in [3.8, 4) is 0 Å². The average molecular weight is 622 g/mol. The lowest BCUT2D eigenvalue weighted by Gasteiger charge is -2.40. The summed E-state index contributed by atoms with van der Waals surface area (Å²) in [6.07, 6.45) is 5.45. The molecule has 2 aliphatic rings. The first-order valence-electron chi connectivity index (χ1n) is 15.1. The number of halogens is 3. The van der Waals surface area contributed by atoms with E-state index in [2.05, 4.69) is 16.5 Å². The van der Waals surface area contributed by atoms with E-state index in [4.69, 9.17) is 0 Å². The number of aromatic nitrogens is 2. The number of rotatable bonds is 8. The number of likely N-dealkylation sites (N-methyl/N-ethyl adjacent to an activating group) is 1. The first-order chi connectivity index (χ1) is 21.6. The molecule has 0 radical (unpaired) electrons. The van der Waals surface area contributed by atoms with Crippen molar-refractivity contribution < 1.29 is 27.6 Å². The van der Waals surface area contributed by atoms with Crippen molar-refractivity contribution >= 4 is 35.3 Å². The van der Waals surface area contributed by atoms with E-state index in [0.717, 1.165) is 6.07 Å².